The van der Waals surface area contributed by atoms with E-state index in [1.54, 1.807) is 0 Å². The third kappa shape index (κ3) is 3.33. The minimum atomic E-state index is 0.253. The first-order valence-electron chi connectivity index (χ1n) is 8.04. The van der Waals surface area contributed by atoms with E-state index in [2.05, 4.69) is 18.3 Å². The van der Waals surface area contributed by atoms with E-state index in [0.717, 1.165) is 31.7 Å². The predicted molar refractivity (Wildman–Crippen MR) is 86.1 cm³/mol. The van der Waals surface area contributed by atoms with Crippen LogP contribution in [0.5, 0.6) is 0 Å². The number of rotatable bonds is 4. The lowest BCUT2D eigenvalue weighted by atomic mass is 9.93. The molecule has 1 N–H and O–H groups in total. The van der Waals surface area contributed by atoms with Gasteiger partial charge in [-0.3, -0.25) is 4.79 Å². The summed E-state index contributed by atoms with van der Waals surface area (Å²) in [5, 5.41) is 12.7. The fourth-order valence-electron chi connectivity index (χ4n) is 3.19. The topological polar surface area (TPSA) is 61.1 Å². The third-order valence-electron chi connectivity index (χ3n) is 4.87. The van der Waals surface area contributed by atoms with Gasteiger partial charge in [-0.05, 0) is 30.9 Å². The van der Waals surface area contributed by atoms with Gasteiger partial charge in [-0.2, -0.15) is 5.26 Å². The van der Waals surface area contributed by atoms with Gasteiger partial charge < -0.3 is 14.8 Å². The number of hydrogen-bond acceptors (Lipinski definition) is 3. The van der Waals surface area contributed by atoms with E-state index >= 15 is 0 Å². The minimum Gasteiger partial charge on any atom is -0.342 e. The number of hydrogen-bond donors (Lipinski definition) is 1. The molecule has 1 saturated heterocycles. The van der Waals surface area contributed by atoms with Gasteiger partial charge in [0.1, 0.15) is 11.8 Å². The SMILES string of the molecule is CCC(=O)N1CC[C@H](NCc2cc(C#N)n(C)c2C)[C@H](C)C1. The van der Waals surface area contributed by atoms with E-state index in [-0.39, 0.29) is 5.91 Å². The van der Waals surface area contributed by atoms with Crippen molar-refractivity contribution in [1.82, 2.24) is 14.8 Å². The van der Waals surface area contributed by atoms with Crippen molar-refractivity contribution in [3.8, 4) is 6.07 Å². The number of carbonyl (C=O) groups is 1. The Labute approximate surface area is 132 Å². The number of nitrogens with one attached hydrogen (secondary N) is 1. The van der Waals surface area contributed by atoms with Crippen LogP contribution < -0.4 is 5.32 Å². The lowest BCUT2D eigenvalue weighted by Crippen LogP contribution is -2.49. The zero-order valence-electron chi connectivity index (χ0n) is 14.0. The molecule has 1 aliphatic heterocycles. The van der Waals surface area contributed by atoms with Crippen molar-refractivity contribution in [2.24, 2.45) is 13.0 Å². The number of aromatic nitrogens is 1. The first-order valence-corrected chi connectivity index (χ1v) is 8.04. The molecule has 1 aromatic rings. The number of likely N-dealkylation sites (tertiary alicyclic amines) is 1. The summed E-state index contributed by atoms with van der Waals surface area (Å²) in [5.41, 5.74) is 3.01. The molecule has 0 aromatic carbocycles. The van der Waals surface area contributed by atoms with Crippen LogP contribution in [-0.2, 0) is 18.4 Å². The molecule has 1 aliphatic rings. The number of piperidine rings is 1. The lowest BCUT2D eigenvalue weighted by molar-refractivity contribution is -0.132. The average molecular weight is 302 g/mol. The van der Waals surface area contributed by atoms with Gasteiger partial charge in [-0.15, -0.1) is 0 Å². The largest absolute Gasteiger partial charge is 0.342 e. The van der Waals surface area contributed by atoms with Crippen LogP contribution in [0.4, 0.5) is 0 Å². The second-order valence-electron chi connectivity index (χ2n) is 6.26. The van der Waals surface area contributed by atoms with Gasteiger partial charge in [-0.25, -0.2) is 0 Å². The molecule has 1 fully saturated rings. The van der Waals surface area contributed by atoms with Crippen molar-refractivity contribution in [3.63, 3.8) is 0 Å². The Bertz CT molecular complexity index is 584. The monoisotopic (exact) mass is 302 g/mol. The number of amides is 1. The first kappa shape index (κ1) is 16.6. The second kappa shape index (κ2) is 6.97. The van der Waals surface area contributed by atoms with Gasteiger partial charge >= 0.3 is 0 Å². The normalized spacial score (nSPS) is 21.7. The Kier molecular flexibility index (Phi) is 5.25. The molecular weight excluding hydrogens is 276 g/mol. The lowest BCUT2D eigenvalue weighted by Gasteiger charge is -2.37. The molecule has 0 saturated carbocycles. The van der Waals surface area contributed by atoms with Gasteiger partial charge in [0.2, 0.25) is 5.91 Å². The zero-order chi connectivity index (χ0) is 16.3. The molecule has 5 nitrogen and oxygen atoms in total. The molecule has 2 atom stereocenters. The maximum atomic E-state index is 11.8. The van der Waals surface area contributed by atoms with Crippen molar-refractivity contribution >= 4 is 5.91 Å². The van der Waals surface area contributed by atoms with Crippen molar-refractivity contribution in [1.29, 1.82) is 5.26 Å². The summed E-state index contributed by atoms with van der Waals surface area (Å²) in [5.74, 6) is 0.701. The molecule has 22 heavy (non-hydrogen) atoms. The van der Waals surface area contributed by atoms with Crippen LogP contribution in [0.2, 0.25) is 0 Å². The molecule has 0 radical (unpaired) electrons. The summed E-state index contributed by atoms with van der Waals surface area (Å²) in [6.45, 7) is 8.61. The van der Waals surface area contributed by atoms with E-state index in [1.807, 2.05) is 36.4 Å². The molecule has 1 amide bonds. The molecular formula is C17H26N4O. The van der Waals surface area contributed by atoms with E-state index in [0.29, 0.717) is 24.1 Å². The molecule has 0 unspecified atom stereocenters. The Morgan fingerprint density at radius 3 is 2.82 bits per heavy atom. The maximum Gasteiger partial charge on any atom is 0.222 e. The molecule has 1 aromatic heterocycles. The highest BCUT2D eigenvalue weighted by atomic mass is 16.2. The van der Waals surface area contributed by atoms with Crippen LogP contribution in [0.3, 0.4) is 0 Å². The fraction of sp³-hybridized carbons (Fsp3) is 0.647. The fourth-order valence-corrected chi connectivity index (χ4v) is 3.19. The Hall–Kier alpha value is -1.80. The minimum absolute atomic E-state index is 0.253. The highest BCUT2D eigenvalue weighted by Gasteiger charge is 2.27. The number of nitrogens with zero attached hydrogens (tertiary/aromatic N) is 3. The van der Waals surface area contributed by atoms with Crippen LogP contribution in [0.25, 0.3) is 0 Å². The molecule has 0 spiro atoms. The second-order valence-corrected chi connectivity index (χ2v) is 6.26. The summed E-state index contributed by atoms with van der Waals surface area (Å²) in [6, 6.07) is 4.60. The summed E-state index contributed by atoms with van der Waals surface area (Å²) < 4.78 is 1.93. The smallest absolute Gasteiger partial charge is 0.222 e. The van der Waals surface area contributed by atoms with Crippen LogP contribution in [-0.4, -0.2) is 34.5 Å². The molecule has 5 heteroatoms. The van der Waals surface area contributed by atoms with E-state index in [9.17, 15) is 4.79 Å². The first-order chi connectivity index (χ1) is 10.5. The highest BCUT2D eigenvalue weighted by molar-refractivity contribution is 5.75. The number of carbonyl (C=O) groups excluding carboxylic acids is 1. The standard InChI is InChI=1S/C17H26N4O/c1-5-17(22)21-7-6-16(12(2)11-21)19-10-14-8-15(9-18)20(4)13(14)3/h8,12,16,19H,5-7,10-11H2,1-4H3/t12-,16+/m1/s1. The quantitative estimate of drug-likeness (QED) is 0.924. The van der Waals surface area contributed by atoms with Crippen LogP contribution in [0, 0.1) is 24.2 Å². The van der Waals surface area contributed by atoms with Crippen LogP contribution in [0.15, 0.2) is 6.07 Å². The third-order valence-corrected chi connectivity index (χ3v) is 4.87. The van der Waals surface area contributed by atoms with Crippen molar-refractivity contribution in [2.45, 2.75) is 46.2 Å². The van der Waals surface area contributed by atoms with Gasteiger partial charge in [-0.1, -0.05) is 13.8 Å². The summed E-state index contributed by atoms with van der Waals surface area (Å²) >= 11 is 0. The summed E-state index contributed by atoms with van der Waals surface area (Å²) in [7, 11) is 1.93. The molecule has 0 bridgehead atoms. The van der Waals surface area contributed by atoms with Gasteiger partial charge in [0.25, 0.3) is 0 Å². The van der Waals surface area contributed by atoms with E-state index < -0.39 is 0 Å². The molecule has 2 heterocycles. The Morgan fingerprint density at radius 2 is 2.27 bits per heavy atom. The highest BCUT2D eigenvalue weighted by Crippen LogP contribution is 2.19. The van der Waals surface area contributed by atoms with Gasteiger partial charge in [0.05, 0.1) is 0 Å². The van der Waals surface area contributed by atoms with Crippen molar-refractivity contribution in [2.75, 3.05) is 13.1 Å². The molecule has 0 aliphatic carbocycles. The van der Waals surface area contributed by atoms with Crippen LogP contribution in [0.1, 0.15) is 43.6 Å². The average Bonchev–Trinajstić information content (AvgIpc) is 2.80. The van der Waals surface area contributed by atoms with E-state index in [4.69, 9.17) is 5.26 Å². The van der Waals surface area contributed by atoms with Crippen molar-refractivity contribution in [3.05, 3.63) is 23.0 Å². The Balaban J connectivity index is 1.93. The molecule has 120 valence electrons. The summed E-state index contributed by atoms with van der Waals surface area (Å²) in [4.78, 5) is 13.8. The van der Waals surface area contributed by atoms with Gasteiger partial charge in [0, 0.05) is 44.8 Å². The van der Waals surface area contributed by atoms with Crippen LogP contribution >= 0.6 is 0 Å². The zero-order valence-corrected chi connectivity index (χ0v) is 14.0. The Morgan fingerprint density at radius 1 is 1.55 bits per heavy atom. The van der Waals surface area contributed by atoms with Gasteiger partial charge in [0.15, 0.2) is 0 Å². The number of nitriles is 1. The predicted octanol–water partition coefficient (Wildman–Crippen LogP) is 1.94. The summed E-state index contributed by atoms with van der Waals surface area (Å²) in [6.07, 6.45) is 1.58. The molecule has 2 rings (SSSR count). The maximum absolute atomic E-state index is 11.8. The van der Waals surface area contributed by atoms with E-state index in [1.165, 1.54) is 5.56 Å². The van der Waals surface area contributed by atoms with Crippen molar-refractivity contribution < 1.29 is 4.79 Å².